The zero-order valence-electron chi connectivity index (χ0n) is 14.0. The van der Waals surface area contributed by atoms with Crippen molar-refractivity contribution in [3.63, 3.8) is 0 Å². The molecule has 24 heavy (non-hydrogen) atoms. The molecule has 0 bridgehead atoms. The highest BCUT2D eigenvalue weighted by Crippen LogP contribution is 2.30. The van der Waals surface area contributed by atoms with Crippen LogP contribution in [0, 0.1) is 5.92 Å². The molecule has 1 aromatic heterocycles. The molecule has 0 N–H and O–H groups in total. The van der Waals surface area contributed by atoms with E-state index in [9.17, 15) is 4.79 Å². The summed E-state index contributed by atoms with van der Waals surface area (Å²) in [6, 6.07) is 7.16. The van der Waals surface area contributed by atoms with Gasteiger partial charge in [-0.05, 0) is 37.0 Å². The lowest BCUT2D eigenvalue weighted by molar-refractivity contribution is 0.0707. The van der Waals surface area contributed by atoms with Crippen LogP contribution in [-0.4, -0.2) is 34.1 Å². The van der Waals surface area contributed by atoms with Crippen molar-refractivity contribution in [2.75, 3.05) is 13.1 Å². The van der Waals surface area contributed by atoms with Gasteiger partial charge in [-0.3, -0.25) is 4.79 Å². The van der Waals surface area contributed by atoms with Gasteiger partial charge >= 0.3 is 0 Å². The summed E-state index contributed by atoms with van der Waals surface area (Å²) in [6.45, 7) is 5.88. The van der Waals surface area contributed by atoms with Crippen molar-refractivity contribution in [2.24, 2.45) is 5.92 Å². The van der Waals surface area contributed by atoms with Gasteiger partial charge in [-0.2, -0.15) is 0 Å². The lowest BCUT2D eigenvalue weighted by atomic mass is 9.98. The molecule has 0 spiro atoms. The van der Waals surface area contributed by atoms with Crippen LogP contribution in [0.25, 0.3) is 0 Å². The topological polar surface area (TPSA) is 46.1 Å². The molecule has 1 aliphatic rings. The SMILES string of the molecule is CC(C)Cc1nnc(C2CCCN(C(=O)c3cccc(Cl)c3)C2)s1. The van der Waals surface area contributed by atoms with Crippen LogP contribution in [0.4, 0.5) is 0 Å². The van der Waals surface area contributed by atoms with Gasteiger partial charge in [0, 0.05) is 36.0 Å². The zero-order valence-corrected chi connectivity index (χ0v) is 15.6. The van der Waals surface area contributed by atoms with Crippen molar-refractivity contribution < 1.29 is 4.79 Å². The van der Waals surface area contributed by atoms with E-state index in [0.29, 0.717) is 29.0 Å². The lowest BCUT2D eigenvalue weighted by Crippen LogP contribution is -2.39. The fraction of sp³-hybridized carbons (Fsp3) is 0.500. The molecule has 4 nitrogen and oxygen atoms in total. The molecule has 1 saturated heterocycles. The van der Waals surface area contributed by atoms with Crippen LogP contribution in [-0.2, 0) is 6.42 Å². The minimum absolute atomic E-state index is 0.0501. The number of hydrogen-bond acceptors (Lipinski definition) is 4. The Hall–Kier alpha value is -1.46. The average molecular weight is 364 g/mol. The lowest BCUT2D eigenvalue weighted by Gasteiger charge is -2.31. The predicted molar refractivity (Wildman–Crippen MR) is 97.8 cm³/mol. The molecule has 1 fully saturated rings. The molecule has 0 aliphatic carbocycles. The van der Waals surface area contributed by atoms with Gasteiger partial charge in [-0.15, -0.1) is 21.5 Å². The molecule has 0 radical (unpaired) electrons. The highest BCUT2D eigenvalue weighted by atomic mass is 35.5. The third-order valence-electron chi connectivity index (χ3n) is 4.19. The second kappa shape index (κ2) is 7.62. The maximum atomic E-state index is 12.7. The third-order valence-corrected chi connectivity index (χ3v) is 5.54. The summed E-state index contributed by atoms with van der Waals surface area (Å²) in [5.74, 6) is 0.924. The molecule has 1 aromatic carbocycles. The Balaban J connectivity index is 1.70. The summed E-state index contributed by atoms with van der Waals surface area (Å²) in [6.07, 6.45) is 3.03. The molecule has 1 atom stereocenters. The van der Waals surface area contributed by atoms with E-state index in [1.165, 1.54) is 0 Å². The molecule has 1 aliphatic heterocycles. The van der Waals surface area contributed by atoms with Crippen LogP contribution in [0.1, 0.15) is 53.0 Å². The first-order valence-electron chi connectivity index (χ1n) is 8.40. The standard InChI is InChI=1S/C18H22ClN3OS/c1-12(2)9-16-20-21-17(24-16)14-6-4-8-22(11-14)18(23)13-5-3-7-15(19)10-13/h3,5,7,10,12,14H,4,6,8-9,11H2,1-2H3. The van der Waals surface area contributed by atoms with Gasteiger partial charge in [0.05, 0.1) is 0 Å². The van der Waals surface area contributed by atoms with Gasteiger partial charge in [-0.25, -0.2) is 0 Å². The van der Waals surface area contributed by atoms with E-state index in [0.717, 1.165) is 35.8 Å². The quantitative estimate of drug-likeness (QED) is 0.808. The van der Waals surface area contributed by atoms with Gasteiger partial charge in [0.25, 0.3) is 5.91 Å². The number of hydrogen-bond donors (Lipinski definition) is 0. The Labute approximate surface area is 151 Å². The minimum atomic E-state index is 0.0501. The van der Waals surface area contributed by atoms with Gasteiger partial charge in [0.2, 0.25) is 0 Å². The smallest absolute Gasteiger partial charge is 0.253 e. The fourth-order valence-corrected chi connectivity index (χ4v) is 4.40. The first-order valence-corrected chi connectivity index (χ1v) is 9.59. The Kier molecular flexibility index (Phi) is 5.51. The first-order chi connectivity index (χ1) is 11.5. The normalized spacial score (nSPS) is 18.2. The minimum Gasteiger partial charge on any atom is -0.338 e. The van der Waals surface area contributed by atoms with Crippen molar-refractivity contribution in [1.29, 1.82) is 0 Å². The number of likely N-dealkylation sites (tertiary alicyclic amines) is 1. The average Bonchev–Trinajstić information content (AvgIpc) is 3.02. The Morgan fingerprint density at radius 2 is 2.25 bits per heavy atom. The maximum Gasteiger partial charge on any atom is 0.253 e. The highest BCUT2D eigenvalue weighted by molar-refractivity contribution is 7.11. The molecule has 2 aromatic rings. The Morgan fingerprint density at radius 1 is 1.42 bits per heavy atom. The van der Waals surface area contributed by atoms with E-state index in [1.54, 1.807) is 23.5 Å². The van der Waals surface area contributed by atoms with Crippen molar-refractivity contribution in [2.45, 2.75) is 39.0 Å². The number of amides is 1. The van der Waals surface area contributed by atoms with Crippen LogP contribution < -0.4 is 0 Å². The molecule has 128 valence electrons. The summed E-state index contributed by atoms with van der Waals surface area (Å²) >= 11 is 7.71. The second-order valence-electron chi connectivity index (χ2n) is 6.73. The van der Waals surface area contributed by atoms with Crippen molar-refractivity contribution in [1.82, 2.24) is 15.1 Å². The third kappa shape index (κ3) is 4.14. The molecule has 2 heterocycles. The Morgan fingerprint density at radius 3 is 3.00 bits per heavy atom. The first kappa shape index (κ1) is 17.4. The maximum absolute atomic E-state index is 12.7. The van der Waals surface area contributed by atoms with E-state index in [2.05, 4.69) is 24.0 Å². The second-order valence-corrected chi connectivity index (χ2v) is 8.26. The molecule has 0 saturated carbocycles. The summed E-state index contributed by atoms with van der Waals surface area (Å²) in [5.41, 5.74) is 0.654. The van der Waals surface area contributed by atoms with E-state index in [4.69, 9.17) is 11.6 Å². The summed E-state index contributed by atoms with van der Waals surface area (Å²) < 4.78 is 0. The molecule has 1 unspecified atom stereocenters. The van der Waals surface area contributed by atoms with Gasteiger partial charge in [-0.1, -0.05) is 31.5 Å². The number of nitrogens with zero attached hydrogens (tertiary/aromatic N) is 3. The van der Waals surface area contributed by atoms with Crippen molar-refractivity contribution in [3.8, 4) is 0 Å². The predicted octanol–water partition coefficient (Wildman–Crippen LogP) is 4.41. The van der Waals surface area contributed by atoms with Crippen LogP contribution in [0.2, 0.25) is 5.02 Å². The number of rotatable bonds is 4. The number of aromatic nitrogens is 2. The largest absolute Gasteiger partial charge is 0.338 e. The molecular weight excluding hydrogens is 342 g/mol. The molecule has 1 amide bonds. The van der Waals surface area contributed by atoms with Crippen LogP contribution in [0.15, 0.2) is 24.3 Å². The van der Waals surface area contributed by atoms with E-state index in [-0.39, 0.29) is 5.91 Å². The van der Waals surface area contributed by atoms with Crippen LogP contribution >= 0.6 is 22.9 Å². The fourth-order valence-electron chi connectivity index (χ4n) is 3.03. The summed E-state index contributed by atoms with van der Waals surface area (Å²) in [4.78, 5) is 14.6. The van der Waals surface area contributed by atoms with E-state index >= 15 is 0 Å². The molecular formula is C18H22ClN3OS. The van der Waals surface area contributed by atoms with Gasteiger partial charge in [0.1, 0.15) is 10.0 Å². The van der Waals surface area contributed by atoms with Crippen molar-refractivity contribution >= 4 is 28.8 Å². The molecule has 3 rings (SSSR count). The summed E-state index contributed by atoms with van der Waals surface area (Å²) in [5, 5.41) is 11.5. The number of carbonyl (C=O) groups excluding carboxylic acids is 1. The monoisotopic (exact) mass is 363 g/mol. The number of piperidine rings is 1. The van der Waals surface area contributed by atoms with Crippen LogP contribution in [0.5, 0.6) is 0 Å². The van der Waals surface area contributed by atoms with Gasteiger partial charge < -0.3 is 4.90 Å². The van der Waals surface area contributed by atoms with Crippen LogP contribution in [0.3, 0.4) is 0 Å². The van der Waals surface area contributed by atoms with E-state index < -0.39 is 0 Å². The van der Waals surface area contributed by atoms with Crippen molar-refractivity contribution in [3.05, 3.63) is 44.9 Å². The summed E-state index contributed by atoms with van der Waals surface area (Å²) in [7, 11) is 0. The Bertz CT molecular complexity index is 716. The number of benzene rings is 1. The van der Waals surface area contributed by atoms with E-state index in [1.807, 2.05) is 17.0 Å². The molecule has 6 heteroatoms. The van der Waals surface area contributed by atoms with Gasteiger partial charge in [0.15, 0.2) is 0 Å². The number of carbonyl (C=O) groups is 1. The zero-order chi connectivity index (χ0) is 17.1. The number of halogens is 1. The highest BCUT2D eigenvalue weighted by Gasteiger charge is 2.28.